The molecule has 2 rings (SSSR count). The molecule has 2 aromatic rings. The highest BCUT2D eigenvalue weighted by atomic mass is 16.3. The molecule has 0 unspecified atom stereocenters. The lowest BCUT2D eigenvalue weighted by molar-refractivity contribution is 0.260. The molecule has 19 heavy (non-hydrogen) atoms. The van der Waals surface area contributed by atoms with Gasteiger partial charge in [-0.05, 0) is 35.9 Å². The first-order valence-corrected chi connectivity index (χ1v) is 6.22. The van der Waals surface area contributed by atoms with Gasteiger partial charge in [-0.1, -0.05) is 18.2 Å². The van der Waals surface area contributed by atoms with Crippen LogP contribution in [0, 0.1) is 0 Å². The summed E-state index contributed by atoms with van der Waals surface area (Å²) in [6.07, 6.45) is 1.76. The maximum Gasteiger partial charge on any atom is 0.0708 e. The topological polar surface area (TPSA) is 65.4 Å². The van der Waals surface area contributed by atoms with E-state index >= 15 is 0 Å². The molecule has 4 heteroatoms. The summed E-state index contributed by atoms with van der Waals surface area (Å²) in [6.45, 7) is 0.577. The number of nitrogens with zero attached hydrogens (tertiary/aromatic N) is 1. The van der Waals surface area contributed by atoms with Crippen LogP contribution in [0.4, 0.5) is 0 Å². The van der Waals surface area contributed by atoms with E-state index in [0.29, 0.717) is 0 Å². The van der Waals surface area contributed by atoms with Crippen LogP contribution >= 0.6 is 0 Å². The Hall–Kier alpha value is -1.75. The molecule has 1 aromatic carbocycles. The van der Waals surface area contributed by atoms with Gasteiger partial charge in [0, 0.05) is 18.3 Å². The monoisotopic (exact) mass is 258 g/mol. The van der Waals surface area contributed by atoms with Crippen molar-refractivity contribution in [2.75, 3.05) is 7.05 Å². The lowest BCUT2D eigenvalue weighted by atomic mass is 9.98. The molecule has 0 saturated carbocycles. The number of benzene rings is 1. The highest BCUT2D eigenvalue weighted by molar-refractivity contribution is 5.65. The lowest BCUT2D eigenvalue weighted by Crippen LogP contribution is -2.05. The third kappa shape index (κ3) is 2.98. The molecule has 1 aromatic heterocycles. The Kier molecular flexibility index (Phi) is 4.63. The second-order valence-electron chi connectivity index (χ2n) is 4.34. The summed E-state index contributed by atoms with van der Waals surface area (Å²) in [5.41, 5.74) is 4.28. The Morgan fingerprint density at radius 3 is 2.68 bits per heavy atom. The average Bonchev–Trinajstić information content (AvgIpc) is 2.47. The summed E-state index contributed by atoms with van der Waals surface area (Å²) in [4.78, 5) is 4.36. The van der Waals surface area contributed by atoms with E-state index in [1.807, 2.05) is 37.4 Å². The molecule has 4 nitrogen and oxygen atoms in total. The number of hydrogen-bond donors (Lipinski definition) is 3. The fourth-order valence-corrected chi connectivity index (χ4v) is 2.15. The first-order valence-electron chi connectivity index (χ1n) is 6.22. The van der Waals surface area contributed by atoms with Crippen molar-refractivity contribution in [2.45, 2.75) is 19.8 Å². The Bertz CT molecular complexity index is 556. The van der Waals surface area contributed by atoms with E-state index in [9.17, 15) is 10.2 Å². The number of aliphatic hydroxyl groups is 2. The second-order valence-corrected chi connectivity index (χ2v) is 4.34. The zero-order valence-corrected chi connectivity index (χ0v) is 10.9. The fourth-order valence-electron chi connectivity index (χ4n) is 2.15. The van der Waals surface area contributed by atoms with E-state index in [4.69, 9.17) is 0 Å². The molecule has 0 atom stereocenters. The molecule has 0 amide bonds. The summed E-state index contributed by atoms with van der Waals surface area (Å²) in [7, 11) is 1.89. The summed E-state index contributed by atoms with van der Waals surface area (Å²) in [6, 6.07) is 9.54. The molecular weight excluding hydrogens is 240 g/mol. The van der Waals surface area contributed by atoms with Gasteiger partial charge in [0.15, 0.2) is 0 Å². The minimum Gasteiger partial charge on any atom is -0.392 e. The third-order valence-electron chi connectivity index (χ3n) is 3.08. The minimum absolute atomic E-state index is 0.0834. The normalized spacial score (nSPS) is 10.7. The number of rotatable bonds is 5. The van der Waals surface area contributed by atoms with Crippen LogP contribution in [0.25, 0.3) is 11.3 Å². The molecule has 0 aliphatic carbocycles. The third-order valence-corrected chi connectivity index (χ3v) is 3.08. The number of pyridine rings is 1. The molecule has 0 aliphatic rings. The van der Waals surface area contributed by atoms with Gasteiger partial charge in [0.2, 0.25) is 0 Å². The predicted molar refractivity (Wildman–Crippen MR) is 74.3 cm³/mol. The van der Waals surface area contributed by atoms with Gasteiger partial charge in [0.25, 0.3) is 0 Å². The van der Waals surface area contributed by atoms with Crippen LogP contribution in [0.2, 0.25) is 0 Å². The predicted octanol–water partition coefficient (Wildman–Crippen LogP) is 1.45. The van der Waals surface area contributed by atoms with E-state index in [1.165, 1.54) is 0 Å². The van der Waals surface area contributed by atoms with Crippen molar-refractivity contribution in [3.63, 3.8) is 0 Å². The van der Waals surface area contributed by atoms with E-state index in [0.717, 1.165) is 34.5 Å². The summed E-state index contributed by atoms with van der Waals surface area (Å²) in [5.74, 6) is 0. The summed E-state index contributed by atoms with van der Waals surface area (Å²) < 4.78 is 0. The van der Waals surface area contributed by atoms with E-state index in [2.05, 4.69) is 10.3 Å². The van der Waals surface area contributed by atoms with Gasteiger partial charge in [-0.25, -0.2) is 0 Å². The van der Waals surface area contributed by atoms with Gasteiger partial charge in [-0.3, -0.25) is 4.98 Å². The number of nitrogens with one attached hydrogen (secondary N) is 1. The van der Waals surface area contributed by atoms with Crippen molar-refractivity contribution in [3.8, 4) is 11.3 Å². The van der Waals surface area contributed by atoms with Gasteiger partial charge < -0.3 is 15.5 Å². The van der Waals surface area contributed by atoms with Crippen LogP contribution in [0.3, 0.4) is 0 Å². The van der Waals surface area contributed by atoms with Crippen molar-refractivity contribution in [1.29, 1.82) is 0 Å². The van der Waals surface area contributed by atoms with Gasteiger partial charge in [-0.2, -0.15) is 0 Å². The second kappa shape index (κ2) is 6.43. The zero-order chi connectivity index (χ0) is 13.7. The lowest BCUT2D eigenvalue weighted by Gasteiger charge is -2.12. The molecular formula is C15H18N2O2. The molecule has 0 bridgehead atoms. The Labute approximate surface area is 112 Å². The molecule has 0 fully saturated rings. The van der Waals surface area contributed by atoms with Crippen LogP contribution in [0.15, 0.2) is 36.5 Å². The fraction of sp³-hybridized carbons (Fsp3) is 0.267. The molecule has 3 N–H and O–H groups in total. The molecule has 0 saturated heterocycles. The van der Waals surface area contributed by atoms with Crippen LogP contribution in [0.1, 0.15) is 16.7 Å². The smallest absolute Gasteiger partial charge is 0.0708 e. The van der Waals surface area contributed by atoms with Gasteiger partial charge in [-0.15, -0.1) is 0 Å². The van der Waals surface area contributed by atoms with Crippen molar-refractivity contribution in [2.24, 2.45) is 0 Å². The van der Waals surface area contributed by atoms with Crippen molar-refractivity contribution in [1.82, 2.24) is 10.3 Å². The molecule has 0 spiro atoms. The van der Waals surface area contributed by atoms with Crippen LogP contribution in [0.5, 0.6) is 0 Å². The number of aliphatic hydroxyl groups excluding tert-OH is 2. The summed E-state index contributed by atoms with van der Waals surface area (Å²) in [5, 5.41) is 21.9. The standard InChI is InChI=1S/C15H18N2O2/c1-16-8-11-5-6-17-15(7-11)13-4-2-3-12(9-18)14(13)10-19/h2-7,16,18-19H,8-10H2,1H3. The van der Waals surface area contributed by atoms with Crippen LogP contribution in [-0.2, 0) is 19.8 Å². The first kappa shape index (κ1) is 13.7. The first-order chi connectivity index (χ1) is 9.30. The zero-order valence-electron chi connectivity index (χ0n) is 10.9. The minimum atomic E-state index is -0.107. The average molecular weight is 258 g/mol. The highest BCUT2D eigenvalue weighted by Gasteiger charge is 2.10. The van der Waals surface area contributed by atoms with Gasteiger partial charge in [0.05, 0.1) is 18.9 Å². The van der Waals surface area contributed by atoms with E-state index in [1.54, 1.807) is 6.20 Å². The van der Waals surface area contributed by atoms with E-state index in [-0.39, 0.29) is 13.2 Å². The van der Waals surface area contributed by atoms with Crippen LogP contribution in [-0.4, -0.2) is 22.2 Å². The van der Waals surface area contributed by atoms with Gasteiger partial charge >= 0.3 is 0 Å². The maximum absolute atomic E-state index is 9.51. The SMILES string of the molecule is CNCc1ccnc(-c2cccc(CO)c2CO)c1. The molecule has 1 heterocycles. The van der Waals surface area contributed by atoms with Crippen molar-refractivity contribution < 1.29 is 10.2 Å². The largest absolute Gasteiger partial charge is 0.392 e. The highest BCUT2D eigenvalue weighted by Crippen LogP contribution is 2.25. The Balaban J connectivity index is 2.49. The molecule has 0 radical (unpaired) electrons. The molecule has 100 valence electrons. The van der Waals surface area contributed by atoms with Crippen molar-refractivity contribution >= 4 is 0 Å². The van der Waals surface area contributed by atoms with Gasteiger partial charge in [0.1, 0.15) is 0 Å². The Morgan fingerprint density at radius 2 is 2.00 bits per heavy atom. The van der Waals surface area contributed by atoms with Crippen LogP contribution < -0.4 is 5.32 Å². The maximum atomic E-state index is 9.51. The summed E-state index contributed by atoms with van der Waals surface area (Å²) >= 11 is 0. The molecule has 0 aliphatic heterocycles. The number of hydrogen-bond acceptors (Lipinski definition) is 4. The quantitative estimate of drug-likeness (QED) is 0.759. The Morgan fingerprint density at radius 1 is 1.16 bits per heavy atom. The number of aromatic nitrogens is 1. The van der Waals surface area contributed by atoms with E-state index < -0.39 is 0 Å². The van der Waals surface area contributed by atoms with Crippen molar-refractivity contribution in [3.05, 3.63) is 53.2 Å².